The Labute approximate surface area is 112 Å². The SMILES string of the molecule is Cc1cnn(CCC(N)(C(N)=O)c2ccccc2)c1. The van der Waals surface area contributed by atoms with Crippen molar-refractivity contribution in [3.8, 4) is 0 Å². The molecule has 0 spiro atoms. The van der Waals surface area contributed by atoms with Crippen LogP contribution in [0.25, 0.3) is 0 Å². The quantitative estimate of drug-likeness (QED) is 0.836. The topological polar surface area (TPSA) is 86.9 Å². The fraction of sp³-hybridized carbons (Fsp3) is 0.286. The highest BCUT2D eigenvalue weighted by molar-refractivity contribution is 5.85. The van der Waals surface area contributed by atoms with Crippen LogP contribution in [0.3, 0.4) is 0 Å². The molecule has 0 saturated carbocycles. The molecule has 100 valence electrons. The van der Waals surface area contributed by atoms with E-state index in [0.717, 1.165) is 11.1 Å². The highest BCUT2D eigenvalue weighted by atomic mass is 16.1. The van der Waals surface area contributed by atoms with Crippen molar-refractivity contribution in [1.29, 1.82) is 0 Å². The molecule has 2 aromatic rings. The molecule has 0 aliphatic rings. The summed E-state index contributed by atoms with van der Waals surface area (Å²) in [7, 11) is 0. The number of amides is 1. The van der Waals surface area contributed by atoms with Gasteiger partial charge in [0.05, 0.1) is 6.20 Å². The Kier molecular flexibility index (Phi) is 3.66. The third-order valence-corrected chi connectivity index (χ3v) is 3.23. The average Bonchev–Trinajstić information content (AvgIpc) is 2.82. The summed E-state index contributed by atoms with van der Waals surface area (Å²) in [6, 6.07) is 9.20. The van der Waals surface area contributed by atoms with Crippen LogP contribution in [0.2, 0.25) is 0 Å². The summed E-state index contributed by atoms with van der Waals surface area (Å²) in [5, 5.41) is 4.18. The van der Waals surface area contributed by atoms with Gasteiger partial charge in [-0.15, -0.1) is 0 Å². The number of nitrogens with zero attached hydrogens (tertiary/aromatic N) is 2. The number of aromatic nitrogens is 2. The standard InChI is InChI=1S/C14H18N4O/c1-11-9-17-18(10-11)8-7-14(16,13(15)19)12-5-3-2-4-6-12/h2-6,9-10H,7-8,16H2,1H3,(H2,15,19). The van der Waals surface area contributed by atoms with Crippen molar-refractivity contribution in [2.24, 2.45) is 11.5 Å². The number of hydrogen-bond donors (Lipinski definition) is 2. The fourth-order valence-electron chi connectivity index (χ4n) is 2.03. The molecule has 0 radical (unpaired) electrons. The molecule has 0 bridgehead atoms. The lowest BCUT2D eigenvalue weighted by atomic mass is 9.87. The van der Waals surface area contributed by atoms with Gasteiger partial charge in [0.15, 0.2) is 0 Å². The van der Waals surface area contributed by atoms with Crippen molar-refractivity contribution >= 4 is 5.91 Å². The second-order valence-electron chi connectivity index (χ2n) is 4.73. The molecule has 1 atom stereocenters. The first kappa shape index (κ1) is 13.3. The number of nitrogens with two attached hydrogens (primary N) is 2. The van der Waals surface area contributed by atoms with Crippen LogP contribution >= 0.6 is 0 Å². The molecular formula is C14H18N4O. The van der Waals surface area contributed by atoms with E-state index in [2.05, 4.69) is 5.10 Å². The van der Waals surface area contributed by atoms with Crippen molar-refractivity contribution < 1.29 is 4.79 Å². The second-order valence-corrected chi connectivity index (χ2v) is 4.73. The average molecular weight is 258 g/mol. The number of carbonyl (C=O) groups excluding carboxylic acids is 1. The summed E-state index contributed by atoms with van der Waals surface area (Å²) in [5.74, 6) is -0.525. The van der Waals surface area contributed by atoms with E-state index in [1.165, 1.54) is 0 Å². The summed E-state index contributed by atoms with van der Waals surface area (Å²) in [5.41, 5.74) is 12.3. The van der Waals surface area contributed by atoms with E-state index in [-0.39, 0.29) is 0 Å². The monoisotopic (exact) mass is 258 g/mol. The molecule has 0 fully saturated rings. The zero-order chi connectivity index (χ0) is 13.9. The number of aryl methyl sites for hydroxylation is 2. The van der Waals surface area contributed by atoms with Crippen LogP contribution in [0.1, 0.15) is 17.5 Å². The van der Waals surface area contributed by atoms with Crippen LogP contribution in [0.4, 0.5) is 0 Å². The molecule has 1 aromatic carbocycles. The van der Waals surface area contributed by atoms with E-state index in [1.807, 2.05) is 43.5 Å². The Hall–Kier alpha value is -2.14. The zero-order valence-electron chi connectivity index (χ0n) is 10.9. The van der Waals surface area contributed by atoms with Crippen molar-refractivity contribution in [3.63, 3.8) is 0 Å². The van der Waals surface area contributed by atoms with E-state index in [4.69, 9.17) is 11.5 Å². The van der Waals surface area contributed by atoms with Gasteiger partial charge in [-0.2, -0.15) is 5.10 Å². The molecular weight excluding hydrogens is 240 g/mol. The lowest BCUT2D eigenvalue weighted by Crippen LogP contribution is -2.49. The van der Waals surface area contributed by atoms with E-state index < -0.39 is 11.4 Å². The molecule has 19 heavy (non-hydrogen) atoms. The summed E-state index contributed by atoms with van der Waals surface area (Å²) in [6.45, 7) is 2.51. The molecule has 2 rings (SSSR count). The van der Waals surface area contributed by atoms with E-state index in [0.29, 0.717) is 13.0 Å². The molecule has 0 aliphatic carbocycles. The predicted octanol–water partition coefficient (Wildman–Crippen LogP) is 0.921. The van der Waals surface area contributed by atoms with E-state index >= 15 is 0 Å². The lowest BCUT2D eigenvalue weighted by Gasteiger charge is -2.26. The Bertz CT molecular complexity index is 564. The first-order valence-corrected chi connectivity index (χ1v) is 6.16. The van der Waals surface area contributed by atoms with Gasteiger partial charge in [0.1, 0.15) is 5.54 Å². The Morgan fingerprint density at radius 1 is 1.37 bits per heavy atom. The zero-order valence-corrected chi connectivity index (χ0v) is 10.9. The van der Waals surface area contributed by atoms with E-state index in [9.17, 15) is 4.79 Å². The van der Waals surface area contributed by atoms with Crippen LogP contribution in [0.15, 0.2) is 42.7 Å². The van der Waals surface area contributed by atoms with Gasteiger partial charge in [-0.25, -0.2) is 0 Å². The van der Waals surface area contributed by atoms with Crippen LogP contribution in [-0.4, -0.2) is 15.7 Å². The molecule has 0 aliphatic heterocycles. The maximum atomic E-state index is 11.7. The number of benzene rings is 1. The highest BCUT2D eigenvalue weighted by Gasteiger charge is 2.33. The minimum Gasteiger partial charge on any atom is -0.368 e. The normalized spacial score (nSPS) is 14.0. The highest BCUT2D eigenvalue weighted by Crippen LogP contribution is 2.22. The maximum Gasteiger partial charge on any atom is 0.242 e. The van der Waals surface area contributed by atoms with Crippen molar-refractivity contribution in [2.45, 2.75) is 25.4 Å². The number of carbonyl (C=O) groups is 1. The molecule has 4 N–H and O–H groups in total. The molecule has 0 saturated heterocycles. The lowest BCUT2D eigenvalue weighted by molar-refractivity contribution is -0.123. The third-order valence-electron chi connectivity index (χ3n) is 3.23. The summed E-state index contributed by atoms with van der Waals surface area (Å²) in [4.78, 5) is 11.7. The molecule has 5 nitrogen and oxygen atoms in total. The van der Waals surface area contributed by atoms with Crippen LogP contribution in [0, 0.1) is 6.92 Å². The van der Waals surface area contributed by atoms with Crippen molar-refractivity contribution in [3.05, 3.63) is 53.9 Å². The van der Waals surface area contributed by atoms with Gasteiger partial charge < -0.3 is 11.5 Å². The van der Waals surface area contributed by atoms with Crippen molar-refractivity contribution in [2.75, 3.05) is 0 Å². The predicted molar refractivity (Wildman–Crippen MR) is 73.1 cm³/mol. The molecule has 1 heterocycles. The molecule has 5 heteroatoms. The maximum absolute atomic E-state index is 11.7. The minimum atomic E-state index is -1.17. The fourth-order valence-corrected chi connectivity index (χ4v) is 2.03. The van der Waals surface area contributed by atoms with Gasteiger partial charge in [-0.1, -0.05) is 30.3 Å². The summed E-state index contributed by atoms with van der Waals surface area (Å²) >= 11 is 0. The third kappa shape index (κ3) is 2.82. The van der Waals surface area contributed by atoms with Crippen LogP contribution < -0.4 is 11.5 Å². The molecule has 1 aromatic heterocycles. The summed E-state index contributed by atoms with van der Waals surface area (Å²) < 4.78 is 1.77. The van der Waals surface area contributed by atoms with Gasteiger partial charge >= 0.3 is 0 Å². The Balaban J connectivity index is 2.19. The van der Waals surface area contributed by atoms with Crippen LogP contribution in [-0.2, 0) is 16.9 Å². The first-order valence-electron chi connectivity index (χ1n) is 6.16. The molecule has 1 unspecified atom stereocenters. The number of rotatable bonds is 5. The second kappa shape index (κ2) is 5.24. The Morgan fingerprint density at radius 3 is 2.58 bits per heavy atom. The minimum absolute atomic E-state index is 0.410. The van der Waals surface area contributed by atoms with Gasteiger partial charge in [0.2, 0.25) is 5.91 Å². The smallest absolute Gasteiger partial charge is 0.242 e. The number of hydrogen-bond acceptors (Lipinski definition) is 3. The van der Waals surface area contributed by atoms with Gasteiger partial charge in [-0.3, -0.25) is 9.48 Å². The van der Waals surface area contributed by atoms with Crippen molar-refractivity contribution in [1.82, 2.24) is 9.78 Å². The largest absolute Gasteiger partial charge is 0.368 e. The number of primary amides is 1. The van der Waals surface area contributed by atoms with Gasteiger partial charge in [0, 0.05) is 12.7 Å². The van der Waals surface area contributed by atoms with E-state index in [1.54, 1.807) is 10.9 Å². The van der Waals surface area contributed by atoms with Gasteiger partial charge in [0.25, 0.3) is 0 Å². The van der Waals surface area contributed by atoms with Gasteiger partial charge in [-0.05, 0) is 24.5 Å². The Morgan fingerprint density at radius 2 is 2.05 bits per heavy atom. The molecule has 1 amide bonds. The van der Waals surface area contributed by atoms with Crippen LogP contribution in [0.5, 0.6) is 0 Å². The first-order chi connectivity index (χ1) is 9.02. The summed E-state index contributed by atoms with van der Waals surface area (Å²) in [6.07, 6.45) is 4.09.